The first-order valence-electron chi connectivity index (χ1n) is 7.51. The molecule has 0 unspecified atom stereocenters. The molecule has 0 radical (unpaired) electrons. The van der Waals surface area contributed by atoms with Crippen LogP contribution < -0.4 is 5.32 Å². The third-order valence-corrected chi connectivity index (χ3v) is 3.44. The Morgan fingerprint density at radius 2 is 1.72 bits per heavy atom. The average molecular weight is 334 g/mol. The maximum atomic E-state index is 12.0. The molecule has 0 aliphatic heterocycles. The zero-order valence-corrected chi connectivity index (χ0v) is 13.1. The van der Waals surface area contributed by atoms with E-state index in [1.807, 2.05) is 36.4 Å². The number of para-hydroxylation sites is 2. The SMILES string of the molecule is O=C(/C=C/c1ccc(-c2ccccc2)o1)Nc1ccccc1[N+](=O)[O-]. The summed E-state index contributed by atoms with van der Waals surface area (Å²) in [6, 6.07) is 19.1. The fraction of sp³-hybridized carbons (Fsp3) is 0. The molecule has 3 rings (SSSR count). The summed E-state index contributed by atoms with van der Waals surface area (Å²) in [4.78, 5) is 22.4. The molecule has 2 aromatic carbocycles. The number of carbonyl (C=O) groups excluding carboxylic acids is 1. The van der Waals surface area contributed by atoms with Crippen LogP contribution in [0.3, 0.4) is 0 Å². The van der Waals surface area contributed by atoms with Crippen LogP contribution in [0.5, 0.6) is 0 Å². The maximum absolute atomic E-state index is 12.0. The summed E-state index contributed by atoms with van der Waals surface area (Å²) < 4.78 is 5.66. The van der Waals surface area contributed by atoms with E-state index in [0.29, 0.717) is 11.5 Å². The van der Waals surface area contributed by atoms with Gasteiger partial charge in [0.05, 0.1) is 4.92 Å². The van der Waals surface area contributed by atoms with Crippen LogP contribution in [0.4, 0.5) is 11.4 Å². The highest BCUT2D eigenvalue weighted by Crippen LogP contribution is 2.24. The Kier molecular flexibility index (Phi) is 4.71. The summed E-state index contributed by atoms with van der Waals surface area (Å²) in [5, 5.41) is 13.4. The van der Waals surface area contributed by atoms with Gasteiger partial charge in [-0.1, -0.05) is 42.5 Å². The Morgan fingerprint density at radius 1 is 1.00 bits per heavy atom. The molecule has 1 heterocycles. The monoisotopic (exact) mass is 334 g/mol. The second kappa shape index (κ2) is 7.27. The van der Waals surface area contributed by atoms with Crippen molar-refractivity contribution in [1.82, 2.24) is 0 Å². The van der Waals surface area contributed by atoms with Crippen molar-refractivity contribution in [2.24, 2.45) is 0 Å². The van der Waals surface area contributed by atoms with Gasteiger partial charge in [-0.3, -0.25) is 14.9 Å². The first kappa shape index (κ1) is 16.2. The van der Waals surface area contributed by atoms with Crippen molar-refractivity contribution in [3.63, 3.8) is 0 Å². The van der Waals surface area contributed by atoms with Gasteiger partial charge in [0.15, 0.2) is 0 Å². The number of carbonyl (C=O) groups is 1. The van der Waals surface area contributed by atoms with Crippen molar-refractivity contribution in [2.45, 2.75) is 0 Å². The van der Waals surface area contributed by atoms with Gasteiger partial charge < -0.3 is 9.73 Å². The number of anilines is 1. The number of nitrogens with zero attached hydrogens (tertiary/aromatic N) is 1. The van der Waals surface area contributed by atoms with Crippen molar-refractivity contribution < 1.29 is 14.1 Å². The molecular formula is C19H14N2O4. The third kappa shape index (κ3) is 4.00. The number of furan rings is 1. The topological polar surface area (TPSA) is 85.4 Å². The normalized spacial score (nSPS) is 10.7. The van der Waals surface area contributed by atoms with E-state index in [1.54, 1.807) is 12.1 Å². The van der Waals surface area contributed by atoms with E-state index >= 15 is 0 Å². The lowest BCUT2D eigenvalue weighted by atomic mass is 10.2. The van der Waals surface area contributed by atoms with Crippen LogP contribution in [0.2, 0.25) is 0 Å². The molecule has 1 amide bonds. The molecule has 6 heteroatoms. The summed E-state index contributed by atoms with van der Waals surface area (Å²) in [6.45, 7) is 0. The summed E-state index contributed by atoms with van der Waals surface area (Å²) >= 11 is 0. The fourth-order valence-electron chi connectivity index (χ4n) is 2.27. The van der Waals surface area contributed by atoms with Crippen LogP contribution in [0, 0.1) is 10.1 Å². The lowest BCUT2D eigenvalue weighted by Gasteiger charge is -2.02. The maximum Gasteiger partial charge on any atom is 0.292 e. The number of amides is 1. The number of nitro groups is 1. The molecule has 0 saturated heterocycles. The molecule has 0 fully saturated rings. The highest BCUT2D eigenvalue weighted by molar-refractivity contribution is 6.03. The first-order chi connectivity index (χ1) is 12.1. The minimum atomic E-state index is -0.544. The van der Waals surface area contributed by atoms with Crippen LogP contribution in [-0.2, 0) is 4.79 Å². The minimum absolute atomic E-state index is 0.145. The van der Waals surface area contributed by atoms with Gasteiger partial charge in [0.25, 0.3) is 5.69 Å². The van der Waals surface area contributed by atoms with Crippen molar-refractivity contribution >= 4 is 23.4 Å². The molecule has 25 heavy (non-hydrogen) atoms. The Morgan fingerprint density at radius 3 is 2.48 bits per heavy atom. The quantitative estimate of drug-likeness (QED) is 0.423. The number of benzene rings is 2. The molecule has 0 spiro atoms. The van der Waals surface area contributed by atoms with Crippen LogP contribution in [0.25, 0.3) is 17.4 Å². The van der Waals surface area contributed by atoms with E-state index in [1.165, 1.54) is 30.4 Å². The first-order valence-corrected chi connectivity index (χ1v) is 7.51. The fourth-order valence-corrected chi connectivity index (χ4v) is 2.27. The van der Waals surface area contributed by atoms with E-state index in [2.05, 4.69) is 5.32 Å². The Balaban J connectivity index is 1.70. The van der Waals surface area contributed by atoms with Crippen molar-refractivity contribution in [3.8, 4) is 11.3 Å². The summed E-state index contributed by atoms with van der Waals surface area (Å²) in [5.74, 6) is 0.725. The number of rotatable bonds is 5. The van der Waals surface area contributed by atoms with E-state index in [9.17, 15) is 14.9 Å². The van der Waals surface area contributed by atoms with Gasteiger partial charge in [0.1, 0.15) is 17.2 Å². The molecule has 0 aliphatic carbocycles. The lowest BCUT2D eigenvalue weighted by molar-refractivity contribution is -0.383. The van der Waals surface area contributed by atoms with E-state index < -0.39 is 10.8 Å². The van der Waals surface area contributed by atoms with E-state index in [4.69, 9.17) is 4.42 Å². The number of nitro benzene ring substituents is 1. The van der Waals surface area contributed by atoms with Crippen LogP contribution >= 0.6 is 0 Å². The van der Waals surface area contributed by atoms with E-state index in [0.717, 1.165) is 5.56 Å². The molecule has 6 nitrogen and oxygen atoms in total. The number of hydrogen-bond donors (Lipinski definition) is 1. The highest BCUT2D eigenvalue weighted by Gasteiger charge is 2.13. The molecular weight excluding hydrogens is 320 g/mol. The molecule has 0 aliphatic rings. The lowest BCUT2D eigenvalue weighted by Crippen LogP contribution is -2.09. The molecule has 1 N–H and O–H groups in total. The van der Waals surface area contributed by atoms with Gasteiger partial charge in [-0.15, -0.1) is 0 Å². The Hall–Kier alpha value is -3.67. The van der Waals surface area contributed by atoms with Gasteiger partial charge >= 0.3 is 0 Å². The van der Waals surface area contributed by atoms with Crippen molar-refractivity contribution in [1.29, 1.82) is 0 Å². The zero-order chi connectivity index (χ0) is 17.6. The largest absolute Gasteiger partial charge is 0.457 e. The smallest absolute Gasteiger partial charge is 0.292 e. The van der Waals surface area contributed by atoms with Crippen LogP contribution in [-0.4, -0.2) is 10.8 Å². The van der Waals surface area contributed by atoms with Gasteiger partial charge in [0.2, 0.25) is 5.91 Å². The predicted molar refractivity (Wildman–Crippen MR) is 94.9 cm³/mol. The van der Waals surface area contributed by atoms with E-state index in [-0.39, 0.29) is 11.4 Å². The highest BCUT2D eigenvalue weighted by atomic mass is 16.6. The predicted octanol–water partition coefficient (Wildman–Crippen LogP) is 4.51. The molecule has 0 atom stereocenters. The third-order valence-electron chi connectivity index (χ3n) is 3.44. The van der Waals surface area contributed by atoms with Crippen molar-refractivity contribution in [3.05, 3.63) is 88.7 Å². The Labute approximate surface area is 143 Å². The number of nitrogens with one attached hydrogen (secondary N) is 1. The standard InChI is InChI=1S/C19H14N2O4/c22-19(20-16-8-4-5-9-17(16)21(23)24)13-11-15-10-12-18(25-15)14-6-2-1-3-7-14/h1-13H,(H,20,22)/b13-11+. The molecule has 3 aromatic rings. The van der Waals surface area contributed by atoms with Crippen LogP contribution in [0.15, 0.2) is 77.2 Å². The number of hydrogen-bond acceptors (Lipinski definition) is 4. The van der Waals surface area contributed by atoms with Gasteiger partial charge in [-0.2, -0.15) is 0 Å². The zero-order valence-electron chi connectivity index (χ0n) is 13.1. The summed E-state index contributed by atoms with van der Waals surface area (Å²) in [5.41, 5.74) is 0.923. The summed E-state index contributed by atoms with van der Waals surface area (Å²) in [6.07, 6.45) is 2.78. The molecule has 0 saturated carbocycles. The molecule has 124 valence electrons. The van der Waals surface area contributed by atoms with Crippen LogP contribution in [0.1, 0.15) is 5.76 Å². The Bertz CT molecular complexity index is 929. The van der Waals surface area contributed by atoms with Gasteiger partial charge in [-0.05, 0) is 24.3 Å². The van der Waals surface area contributed by atoms with Gasteiger partial charge in [0, 0.05) is 17.7 Å². The minimum Gasteiger partial charge on any atom is -0.457 e. The molecule has 0 bridgehead atoms. The second-order valence-electron chi connectivity index (χ2n) is 5.16. The average Bonchev–Trinajstić information content (AvgIpc) is 3.10. The summed E-state index contributed by atoms with van der Waals surface area (Å²) in [7, 11) is 0. The second-order valence-corrected chi connectivity index (χ2v) is 5.16. The molecule has 1 aromatic heterocycles. The van der Waals surface area contributed by atoms with Crippen molar-refractivity contribution in [2.75, 3.05) is 5.32 Å². The van der Waals surface area contributed by atoms with Gasteiger partial charge in [-0.25, -0.2) is 0 Å².